The quantitative estimate of drug-likeness (QED) is 0.297. The summed E-state index contributed by atoms with van der Waals surface area (Å²) < 4.78 is 80.2. The Morgan fingerprint density at radius 2 is 1.94 bits per heavy atom. The third kappa shape index (κ3) is 4.58. The number of ether oxygens (including phenoxy) is 2. The van der Waals surface area contributed by atoms with Gasteiger partial charge in [-0.1, -0.05) is 12.1 Å². The maximum atomic E-state index is 13.2. The smallest absolute Gasteiger partial charge is 0.452 e. The lowest BCUT2D eigenvalue weighted by molar-refractivity contribution is -0.274. The lowest BCUT2D eigenvalue weighted by Crippen LogP contribution is -2.25. The Morgan fingerprint density at radius 3 is 2.66 bits per heavy atom. The lowest BCUT2D eigenvalue weighted by atomic mass is 9.98. The summed E-state index contributed by atoms with van der Waals surface area (Å²) in [5.41, 5.74) is 1.27. The number of likely N-dealkylation sites (tertiary alicyclic amines) is 1. The molecule has 2 aromatic carbocycles. The number of furan rings is 1. The zero-order chi connectivity index (χ0) is 24.7. The summed E-state index contributed by atoms with van der Waals surface area (Å²) in [5.74, 6) is -0.812. The zero-order valence-electron chi connectivity index (χ0n) is 17.9. The van der Waals surface area contributed by atoms with Crippen LogP contribution in [0.2, 0.25) is 0 Å². The third-order valence-corrected chi connectivity index (χ3v) is 5.74. The van der Waals surface area contributed by atoms with Crippen molar-refractivity contribution in [3.8, 4) is 22.6 Å². The van der Waals surface area contributed by atoms with E-state index < -0.39 is 18.7 Å². The first-order valence-corrected chi connectivity index (χ1v) is 10.6. The van der Waals surface area contributed by atoms with Gasteiger partial charge in [0.2, 0.25) is 5.91 Å². The Morgan fingerprint density at radius 1 is 1.11 bits per heavy atom. The highest BCUT2D eigenvalue weighted by atomic mass is 19.4. The van der Waals surface area contributed by atoms with Gasteiger partial charge in [0.05, 0.1) is 0 Å². The van der Waals surface area contributed by atoms with E-state index in [0.717, 1.165) is 0 Å². The fourth-order valence-corrected chi connectivity index (χ4v) is 4.28. The average molecular weight is 492 g/mol. The molecule has 1 fully saturated rings. The van der Waals surface area contributed by atoms with Gasteiger partial charge in [-0.05, 0) is 41.8 Å². The van der Waals surface area contributed by atoms with Crippen LogP contribution in [0.1, 0.15) is 18.4 Å². The number of benzene rings is 2. The van der Waals surface area contributed by atoms with Gasteiger partial charge in [-0.2, -0.15) is 8.78 Å². The normalized spacial score (nSPS) is 14.5. The fraction of sp³-hybridized carbons (Fsp3) is 0.250. The van der Waals surface area contributed by atoms with Crippen LogP contribution in [0.25, 0.3) is 33.1 Å². The molecule has 0 radical (unpaired) electrons. The highest BCUT2D eigenvalue weighted by molar-refractivity contribution is 6.13. The summed E-state index contributed by atoms with van der Waals surface area (Å²) in [6, 6.07) is 8.51. The molecule has 1 aliphatic rings. The molecule has 0 unspecified atom stereocenters. The number of fused-ring (bicyclic) bond motifs is 3. The molecular weight excluding hydrogens is 475 g/mol. The zero-order valence-corrected chi connectivity index (χ0v) is 17.9. The van der Waals surface area contributed by atoms with Gasteiger partial charge in [0.25, 0.3) is 0 Å². The van der Waals surface area contributed by atoms with E-state index in [4.69, 9.17) is 4.42 Å². The molecule has 11 heteroatoms. The minimum atomic E-state index is -4.96. The highest BCUT2D eigenvalue weighted by Crippen LogP contribution is 2.43. The van der Waals surface area contributed by atoms with Gasteiger partial charge in [-0.3, -0.25) is 9.78 Å². The van der Waals surface area contributed by atoms with Crippen molar-refractivity contribution >= 4 is 27.8 Å². The molecule has 5 rings (SSSR count). The van der Waals surface area contributed by atoms with Crippen LogP contribution in [-0.2, 0) is 11.3 Å². The van der Waals surface area contributed by atoms with E-state index in [0.29, 0.717) is 46.9 Å². The van der Waals surface area contributed by atoms with Crippen LogP contribution in [0.4, 0.5) is 22.0 Å². The SMILES string of the molecule is O=C1CCCN1Cc1ccc(-c2ccc(OC(F)F)c3oc4ccncc4c23)cc1OC(F)(F)F. The van der Waals surface area contributed by atoms with E-state index in [-0.39, 0.29) is 29.3 Å². The van der Waals surface area contributed by atoms with E-state index in [2.05, 4.69) is 14.5 Å². The summed E-state index contributed by atoms with van der Waals surface area (Å²) in [5, 5.41) is 0.828. The van der Waals surface area contributed by atoms with Crippen molar-refractivity contribution in [3.63, 3.8) is 0 Å². The maximum absolute atomic E-state index is 13.2. The van der Waals surface area contributed by atoms with Crippen molar-refractivity contribution in [2.75, 3.05) is 6.54 Å². The van der Waals surface area contributed by atoms with Crippen molar-refractivity contribution < 1.29 is 40.6 Å². The van der Waals surface area contributed by atoms with E-state index in [1.807, 2.05) is 0 Å². The number of pyridine rings is 1. The molecular formula is C24H17F5N2O4. The predicted molar refractivity (Wildman–Crippen MR) is 115 cm³/mol. The molecule has 2 aromatic heterocycles. The Labute approximate surface area is 194 Å². The van der Waals surface area contributed by atoms with Gasteiger partial charge in [0.1, 0.15) is 11.3 Å². The van der Waals surface area contributed by atoms with Crippen LogP contribution in [0.5, 0.6) is 11.5 Å². The number of alkyl halides is 5. The van der Waals surface area contributed by atoms with Crippen molar-refractivity contribution in [2.45, 2.75) is 32.4 Å². The van der Waals surface area contributed by atoms with Gasteiger partial charge in [0.15, 0.2) is 11.3 Å². The molecule has 6 nitrogen and oxygen atoms in total. The number of halogens is 5. The number of nitrogens with zero attached hydrogens (tertiary/aromatic N) is 2. The number of carbonyl (C=O) groups excluding carboxylic acids is 1. The predicted octanol–water partition coefficient (Wildman–Crippen LogP) is 6.27. The first kappa shape index (κ1) is 22.9. The van der Waals surface area contributed by atoms with Gasteiger partial charge < -0.3 is 18.8 Å². The molecule has 182 valence electrons. The molecule has 3 heterocycles. The van der Waals surface area contributed by atoms with Crippen molar-refractivity contribution in [1.82, 2.24) is 9.88 Å². The number of hydrogen-bond acceptors (Lipinski definition) is 5. The second-order valence-electron chi connectivity index (χ2n) is 7.96. The first-order chi connectivity index (χ1) is 16.7. The van der Waals surface area contributed by atoms with Crippen LogP contribution >= 0.6 is 0 Å². The molecule has 0 bridgehead atoms. The van der Waals surface area contributed by atoms with Gasteiger partial charge >= 0.3 is 13.0 Å². The number of rotatable bonds is 6. The summed E-state index contributed by atoms with van der Waals surface area (Å²) in [6.45, 7) is -2.68. The number of carbonyl (C=O) groups is 1. The third-order valence-electron chi connectivity index (χ3n) is 5.74. The fourth-order valence-electron chi connectivity index (χ4n) is 4.28. The second kappa shape index (κ2) is 8.71. The molecule has 1 saturated heterocycles. The average Bonchev–Trinajstić information content (AvgIpc) is 3.38. The van der Waals surface area contributed by atoms with E-state index >= 15 is 0 Å². The summed E-state index contributed by atoms with van der Waals surface area (Å²) in [7, 11) is 0. The maximum Gasteiger partial charge on any atom is 0.573 e. The van der Waals surface area contributed by atoms with E-state index in [9.17, 15) is 26.7 Å². The molecule has 0 atom stereocenters. The minimum absolute atomic E-state index is 0.0100. The van der Waals surface area contributed by atoms with Crippen LogP contribution in [0.3, 0.4) is 0 Å². The Bertz CT molecular complexity index is 1420. The number of aromatic nitrogens is 1. The standard InChI is InChI=1S/C24H17F5N2O4/c25-23(26)34-18-6-5-15(21-16-11-30-8-7-17(16)33-22(18)21)13-3-4-14(12-31-9-1-2-20(31)32)19(10-13)35-24(27,28)29/h3-8,10-11,23H,1-2,9,12H2. The van der Waals surface area contributed by atoms with E-state index in [1.165, 1.54) is 41.6 Å². The largest absolute Gasteiger partial charge is 0.573 e. The molecule has 0 N–H and O–H groups in total. The van der Waals surface area contributed by atoms with Crippen LogP contribution in [-0.4, -0.2) is 35.3 Å². The van der Waals surface area contributed by atoms with Crippen LogP contribution in [0.15, 0.2) is 53.2 Å². The van der Waals surface area contributed by atoms with Gasteiger partial charge in [-0.25, -0.2) is 0 Å². The molecule has 1 amide bonds. The Hall–Kier alpha value is -3.89. The van der Waals surface area contributed by atoms with Crippen LogP contribution in [0, 0.1) is 0 Å². The molecule has 4 aromatic rings. The van der Waals surface area contributed by atoms with Crippen molar-refractivity contribution in [3.05, 3.63) is 54.4 Å². The first-order valence-electron chi connectivity index (χ1n) is 10.6. The molecule has 0 spiro atoms. The topological polar surface area (TPSA) is 64.8 Å². The molecule has 0 saturated carbocycles. The number of hydrogen-bond donors (Lipinski definition) is 0. The highest BCUT2D eigenvalue weighted by Gasteiger charge is 2.33. The molecule has 35 heavy (non-hydrogen) atoms. The molecule has 0 aliphatic carbocycles. The Kier molecular flexibility index (Phi) is 5.70. The van der Waals surface area contributed by atoms with E-state index in [1.54, 1.807) is 12.1 Å². The molecule has 1 aliphatic heterocycles. The number of amides is 1. The lowest BCUT2D eigenvalue weighted by Gasteiger charge is -2.20. The Balaban J connectivity index is 1.66. The monoisotopic (exact) mass is 492 g/mol. The minimum Gasteiger partial charge on any atom is -0.452 e. The van der Waals surface area contributed by atoms with Crippen molar-refractivity contribution in [2.24, 2.45) is 0 Å². The van der Waals surface area contributed by atoms with Crippen LogP contribution < -0.4 is 9.47 Å². The van der Waals surface area contributed by atoms with Gasteiger partial charge in [0, 0.05) is 48.2 Å². The van der Waals surface area contributed by atoms with Crippen molar-refractivity contribution in [1.29, 1.82) is 0 Å². The summed E-state index contributed by atoms with van der Waals surface area (Å²) in [6.07, 6.45) is -1.04. The summed E-state index contributed by atoms with van der Waals surface area (Å²) >= 11 is 0. The second-order valence-corrected chi connectivity index (χ2v) is 7.96. The van der Waals surface area contributed by atoms with Gasteiger partial charge in [-0.15, -0.1) is 13.2 Å². The summed E-state index contributed by atoms with van der Waals surface area (Å²) in [4.78, 5) is 17.5.